The van der Waals surface area contributed by atoms with E-state index in [-0.39, 0.29) is 11.6 Å². The van der Waals surface area contributed by atoms with Crippen molar-refractivity contribution in [2.75, 3.05) is 31.2 Å². The molecule has 0 radical (unpaired) electrons. The zero-order valence-electron chi connectivity index (χ0n) is 16.0. The number of nitrogens with zero attached hydrogens (tertiary/aromatic N) is 3. The molecule has 2 fully saturated rings. The number of non-ortho nitro benzene ring substituents is 1. The molecule has 0 bridgehead atoms. The first-order chi connectivity index (χ1) is 14.5. The van der Waals surface area contributed by atoms with Crippen LogP contribution in [0.15, 0.2) is 53.4 Å². The van der Waals surface area contributed by atoms with E-state index in [4.69, 9.17) is 17.0 Å². The van der Waals surface area contributed by atoms with Gasteiger partial charge in [-0.1, -0.05) is 54.3 Å². The Labute approximate surface area is 183 Å². The van der Waals surface area contributed by atoms with Gasteiger partial charge in [-0.3, -0.25) is 19.8 Å². The molecule has 2 aliphatic heterocycles. The molecular formula is C21H19N3O4S2. The number of hydrogen-bond acceptors (Lipinski definition) is 7. The first kappa shape index (κ1) is 20.5. The molecule has 0 saturated carbocycles. The maximum Gasteiger partial charge on any atom is 0.270 e. The van der Waals surface area contributed by atoms with Gasteiger partial charge in [0.25, 0.3) is 11.6 Å². The number of ether oxygens (including phenoxy) is 1. The second kappa shape index (κ2) is 8.95. The summed E-state index contributed by atoms with van der Waals surface area (Å²) in [6.45, 7) is 2.96. The molecule has 0 atom stereocenters. The summed E-state index contributed by atoms with van der Waals surface area (Å²) < 4.78 is 5.89. The van der Waals surface area contributed by atoms with Crippen LogP contribution in [0.2, 0.25) is 0 Å². The van der Waals surface area contributed by atoms with Crippen LogP contribution in [0.5, 0.6) is 0 Å². The minimum Gasteiger partial charge on any atom is -0.378 e. The number of amides is 1. The lowest BCUT2D eigenvalue weighted by Crippen LogP contribution is -2.36. The van der Waals surface area contributed by atoms with Crippen molar-refractivity contribution in [3.8, 4) is 0 Å². The first-order valence-corrected chi connectivity index (χ1v) is 10.7. The summed E-state index contributed by atoms with van der Waals surface area (Å²) >= 11 is 6.65. The Kier molecular flexibility index (Phi) is 6.12. The van der Waals surface area contributed by atoms with E-state index >= 15 is 0 Å². The van der Waals surface area contributed by atoms with Crippen LogP contribution in [0, 0.1) is 10.1 Å². The van der Waals surface area contributed by atoms with Crippen LogP contribution in [0.25, 0.3) is 6.08 Å². The lowest BCUT2D eigenvalue weighted by Gasteiger charge is -2.30. The number of nitro groups is 1. The average Bonchev–Trinajstić information content (AvgIpc) is 3.02. The largest absolute Gasteiger partial charge is 0.378 e. The topological polar surface area (TPSA) is 75.9 Å². The number of nitro benzene ring substituents is 1. The lowest BCUT2D eigenvalue weighted by atomic mass is 10.1. The molecular weight excluding hydrogens is 422 g/mol. The van der Waals surface area contributed by atoms with Gasteiger partial charge in [-0.2, -0.15) is 0 Å². The molecule has 2 heterocycles. The minimum absolute atomic E-state index is 0.0157. The highest BCUT2D eigenvalue weighted by molar-refractivity contribution is 8.26. The Balaban J connectivity index is 1.66. The second-order valence-electron chi connectivity index (χ2n) is 6.85. The zero-order valence-corrected chi connectivity index (χ0v) is 17.7. The quantitative estimate of drug-likeness (QED) is 0.302. The number of carbonyl (C=O) groups is 1. The summed E-state index contributed by atoms with van der Waals surface area (Å²) in [5, 5.41) is 11.3. The van der Waals surface area contributed by atoms with E-state index in [0.717, 1.165) is 11.3 Å². The number of rotatable bonds is 5. The number of carbonyl (C=O) groups excluding carboxylic acids is 1. The summed E-state index contributed by atoms with van der Waals surface area (Å²) in [5.41, 5.74) is 2.45. The van der Waals surface area contributed by atoms with E-state index in [0.29, 0.717) is 47.6 Å². The van der Waals surface area contributed by atoms with Gasteiger partial charge in [0.05, 0.1) is 29.6 Å². The third-order valence-electron chi connectivity index (χ3n) is 4.92. The lowest BCUT2D eigenvalue weighted by molar-refractivity contribution is -0.384. The van der Waals surface area contributed by atoms with Crippen molar-refractivity contribution in [2.24, 2.45) is 0 Å². The van der Waals surface area contributed by atoms with Gasteiger partial charge in [0.2, 0.25) is 0 Å². The second-order valence-corrected chi connectivity index (χ2v) is 8.53. The number of hydrogen-bond donors (Lipinski definition) is 0. The summed E-state index contributed by atoms with van der Waals surface area (Å²) in [6.07, 6.45) is 1.71. The Morgan fingerprint density at radius 1 is 1.17 bits per heavy atom. The Morgan fingerprint density at radius 2 is 1.90 bits per heavy atom. The van der Waals surface area contributed by atoms with Gasteiger partial charge < -0.3 is 9.64 Å². The van der Waals surface area contributed by atoms with Crippen molar-refractivity contribution in [3.63, 3.8) is 0 Å². The van der Waals surface area contributed by atoms with Crippen molar-refractivity contribution in [2.45, 2.75) is 6.54 Å². The van der Waals surface area contributed by atoms with E-state index in [9.17, 15) is 14.9 Å². The fourth-order valence-electron chi connectivity index (χ4n) is 3.41. The van der Waals surface area contributed by atoms with E-state index in [2.05, 4.69) is 4.90 Å². The highest BCUT2D eigenvalue weighted by Crippen LogP contribution is 2.36. The summed E-state index contributed by atoms with van der Waals surface area (Å²) in [7, 11) is 0. The van der Waals surface area contributed by atoms with Crippen molar-refractivity contribution in [1.29, 1.82) is 0 Å². The number of anilines is 1. The molecule has 7 nitrogen and oxygen atoms in total. The Morgan fingerprint density at radius 3 is 2.60 bits per heavy atom. The summed E-state index contributed by atoms with van der Waals surface area (Å²) in [5.74, 6) is -0.187. The van der Waals surface area contributed by atoms with Crippen molar-refractivity contribution in [1.82, 2.24) is 4.90 Å². The molecule has 2 saturated heterocycles. The van der Waals surface area contributed by atoms with Gasteiger partial charge in [0.15, 0.2) is 0 Å². The van der Waals surface area contributed by atoms with Crippen LogP contribution in [0.1, 0.15) is 11.1 Å². The Hall–Kier alpha value is -2.75. The van der Waals surface area contributed by atoms with Crippen LogP contribution in [0.4, 0.5) is 11.4 Å². The van der Waals surface area contributed by atoms with Crippen LogP contribution in [-0.4, -0.2) is 46.4 Å². The fraction of sp³-hybridized carbons (Fsp3) is 0.238. The number of thiocarbonyl (C=S) groups is 1. The number of benzene rings is 2. The van der Waals surface area contributed by atoms with E-state index < -0.39 is 4.92 Å². The SMILES string of the molecule is O=C1C(=Cc2cc([N+](=O)[O-])ccc2N2CCOCC2)SC(=S)N1Cc1ccccc1. The summed E-state index contributed by atoms with van der Waals surface area (Å²) in [4.78, 5) is 28.0. The van der Waals surface area contributed by atoms with Crippen molar-refractivity contribution < 1.29 is 14.5 Å². The van der Waals surface area contributed by atoms with E-state index in [1.807, 2.05) is 30.3 Å². The van der Waals surface area contributed by atoms with Crippen LogP contribution in [-0.2, 0) is 16.1 Å². The summed E-state index contributed by atoms with van der Waals surface area (Å²) in [6, 6.07) is 14.4. The molecule has 0 aliphatic carbocycles. The third-order valence-corrected chi connectivity index (χ3v) is 6.30. The Bertz CT molecular complexity index is 1020. The maximum atomic E-state index is 13.0. The predicted octanol–water partition coefficient (Wildman–Crippen LogP) is 3.83. The maximum absolute atomic E-state index is 13.0. The molecule has 0 N–H and O–H groups in total. The van der Waals surface area contributed by atoms with Gasteiger partial charge in [0.1, 0.15) is 4.32 Å². The molecule has 9 heteroatoms. The van der Waals surface area contributed by atoms with Gasteiger partial charge in [0, 0.05) is 36.5 Å². The molecule has 2 aliphatic rings. The monoisotopic (exact) mass is 441 g/mol. The standard InChI is InChI=1S/C21H19N3O4S2/c25-20-19(30-21(29)23(20)14-15-4-2-1-3-5-15)13-16-12-17(24(26)27)6-7-18(16)22-8-10-28-11-9-22/h1-7,12-13H,8-11,14H2. The smallest absolute Gasteiger partial charge is 0.270 e. The normalized spacial score (nSPS) is 18.3. The van der Waals surface area contributed by atoms with Crippen LogP contribution >= 0.6 is 24.0 Å². The molecule has 30 heavy (non-hydrogen) atoms. The molecule has 0 spiro atoms. The van der Waals surface area contributed by atoms with E-state index in [1.54, 1.807) is 17.0 Å². The highest BCUT2D eigenvalue weighted by Gasteiger charge is 2.32. The van der Waals surface area contributed by atoms with Gasteiger partial charge in [-0.25, -0.2) is 0 Å². The number of morpholine rings is 1. The first-order valence-electron chi connectivity index (χ1n) is 9.43. The average molecular weight is 442 g/mol. The van der Waals surface area contributed by atoms with Crippen molar-refractivity contribution >= 4 is 51.7 Å². The highest BCUT2D eigenvalue weighted by atomic mass is 32.2. The number of thioether (sulfide) groups is 1. The van der Waals surface area contributed by atoms with Crippen molar-refractivity contribution in [3.05, 3.63) is 74.7 Å². The molecule has 4 rings (SSSR count). The molecule has 154 valence electrons. The molecule has 0 unspecified atom stereocenters. The van der Waals surface area contributed by atoms with E-state index in [1.165, 1.54) is 23.9 Å². The molecule has 2 aromatic carbocycles. The molecule has 1 amide bonds. The zero-order chi connectivity index (χ0) is 21.1. The van der Waals surface area contributed by atoms with Gasteiger partial charge >= 0.3 is 0 Å². The minimum atomic E-state index is -0.430. The molecule has 2 aromatic rings. The van der Waals surface area contributed by atoms with Gasteiger partial charge in [-0.15, -0.1) is 0 Å². The fourth-order valence-corrected chi connectivity index (χ4v) is 4.65. The van der Waals surface area contributed by atoms with Crippen LogP contribution in [0.3, 0.4) is 0 Å². The third kappa shape index (κ3) is 4.38. The predicted molar refractivity (Wildman–Crippen MR) is 121 cm³/mol. The molecule has 0 aromatic heterocycles. The van der Waals surface area contributed by atoms with Crippen LogP contribution < -0.4 is 4.90 Å². The van der Waals surface area contributed by atoms with Gasteiger partial charge in [-0.05, 0) is 17.7 Å².